The van der Waals surface area contributed by atoms with E-state index in [1.54, 1.807) is 12.1 Å². The molecular formula is C14H11N3O5. The summed E-state index contributed by atoms with van der Waals surface area (Å²) in [5, 5.41) is 0.407. The highest BCUT2D eigenvalue weighted by atomic mass is 16.7. The Morgan fingerprint density at radius 2 is 1.55 bits per heavy atom. The number of imidazole rings is 1. The number of benzene rings is 1. The zero-order chi connectivity index (χ0) is 16.0. The molecule has 1 aromatic heterocycles. The van der Waals surface area contributed by atoms with Crippen LogP contribution in [0.1, 0.15) is 31.2 Å². The molecule has 0 saturated carbocycles. The van der Waals surface area contributed by atoms with Gasteiger partial charge in [0.05, 0.1) is 11.1 Å². The van der Waals surface area contributed by atoms with E-state index in [0.29, 0.717) is 5.06 Å². The first-order chi connectivity index (χ1) is 10.4. The molecule has 3 rings (SSSR count). The maximum Gasteiger partial charge on any atom is 0.381 e. The lowest BCUT2D eigenvalue weighted by molar-refractivity contribution is -0.0591. The van der Waals surface area contributed by atoms with Crippen LogP contribution < -0.4 is 5.69 Å². The molecule has 2 amide bonds. The largest absolute Gasteiger partial charge is 0.381 e. The number of fused-ring (bicyclic) bond motifs is 1. The van der Waals surface area contributed by atoms with Crippen molar-refractivity contribution in [3.05, 3.63) is 57.8 Å². The van der Waals surface area contributed by atoms with Gasteiger partial charge >= 0.3 is 11.7 Å². The summed E-state index contributed by atoms with van der Waals surface area (Å²) in [7, 11) is 2.86. The van der Waals surface area contributed by atoms with Crippen molar-refractivity contribution in [3.8, 4) is 0 Å². The van der Waals surface area contributed by atoms with Crippen LogP contribution in [0.5, 0.6) is 0 Å². The second-order valence-corrected chi connectivity index (χ2v) is 4.80. The summed E-state index contributed by atoms with van der Waals surface area (Å²) < 4.78 is 2.26. The third-order valence-electron chi connectivity index (χ3n) is 3.41. The highest BCUT2D eigenvalue weighted by molar-refractivity contribution is 6.21. The topological polar surface area (TPSA) is 90.6 Å². The summed E-state index contributed by atoms with van der Waals surface area (Å²) in [4.78, 5) is 52.7. The third-order valence-corrected chi connectivity index (χ3v) is 3.41. The molecule has 0 fully saturated rings. The molecule has 112 valence electrons. The Hall–Kier alpha value is -3.16. The molecule has 0 atom stereocenters. The van der Waals surface area contributed by atoms with Crippen molar-refractivity contribution in [2.24, 2.45) is 14.1 Å². The molecule has 8 heteroatoms. The molecule has 2 heterocycles. The Kier molecular flexibility index (Phi) is 2.94. The van der Waals surface area contributed by atoms with Gasteiger partial charge in [0.15, 0.2) is 0 Å². The molecule has 0 spiro atoms. The lowest BCUT2D eigenvalue weighted by Crippen LogP contribution is -2.33. The smallest absolute Gasteiger partial charge is 0.323 e. The maximum absolute atomic E-state index is 12.1. The van der Waals surface area contributed by atoms with Gasteiger partial charge < -0.3 is 9.40 Å². The molecular weight excluding hydrogens is 290 g/mol. The number of rotatable bonds is 2. The number of hydrogen-bond acceptors (Lipinski definition) is 5. The zero-order valence-corrected chi connectivity index (χ0v) is 11.8. The van der Waals surface area contributed by atoms with Crippen molar-refractivity contribution in [1.82, 2.24) is 14.2 Å². The average Bonchev–Trinajstić information content (AvgIpc) is 2.91. The molecule has 1 aliphatic heterocycles. The minimum absolute atomic E-state index is 0.0657. The van der Waals surface area contributed by atoms with Crippen molar-refractivity contribution in [1.29, 1.82) is 0 Å². The Morgan fingerprint density at radius 3 is 2.00 bits per heavy atom. The first-order valence-electron chi connectivity index (χ1n) is 6.34. The number of carbonyl (C=O) groups excluding carboxylic acids is 3. The second kappa shape index (κ2) is 4.69. The summed E-state index contributed by atoms with van der Waals surface area (Å²) in [5.74, 6) is -2.39. The third kappa shape index (κ3) is 1.85. The van der Waals surface area contributed by atoms with Crippen LogP contribution >= 0.6 is 0 Å². The molecule has 0 bridgehead atoms. The number of hydroxylamine groups is 2. The van der Waals surface area contributed by atoms with Crippen molar-refractivity contribution in [3.63, 3.8) is 0 Å². The van der Waals surface area contributed by atoms with Crippen LogP contribution in [0.3, 0.4) is 0 Å². The Balaban J connectivity index is 1.90. The minimum atomic E-state index is -0.963. The molecule has 1 aliphatic rings. The van der Waals surface area contributed by atoms with E-state index >= 15 is 0 Å². The molecule has 0 unspecified atom stereocenters. The van der Waals surface area contributed by atoms with Crippen LogP contribution in [0.25, 0.3) is 0 Å². The van der Waals surface area contributed by atoms with Gasteiger partial charge in [0.1, 0.15) is 5.69 Å². The van der Waals surface area contributed by atoms with Crippen molar-refractivity contribution < 1.29 is 19.2 Å². The number of hydrogen-bond donors (Lipinski definition) is 0. The van der Waals surface area contributed by atoms with Gasteiger partial charge in [-0.25, -0.2) is 9.59 Å². The highest BCUT2D eigenvalue weighted by Crippen LogP contribution is 2.23. The SMILES string of the molecule is Cn1cc(C(=O)ON2C(=O)c3ccccc3C2=O)n(C)c1=O. The van der Waals surface area contributed by atoms with E-state index in [1.807, 2.05) is 0 Å². The lowest BCUT2D eigenvalue weighted by Gasteiger charge is -2.12. The van der Waals surface area contributed by atoms with Gasteiger partial charge in [-0.2, -0.15) is 0 Å². The number of nitrogens with zero attached hydrogens (tertiary/aromatic N) is 3. The van der Waals surface area contributed by atoms with E-state index in [2.05, 4.69) is 0 Å². The molecule has 2 aromatic rings. The van der Waals surface area contributed by atoms with Crippen LogP contribution in [0.4, 0.5) is 0 Å². The van der Waals surface area contributed by atoms with E-state index in [4.69, 9.17) is 4.84 Å². The van der Waals surface area contributed by atoms with Crippen molar-refractivity contribution in [2.45, 2.75) is 0 Å². The fourth-order valence-corrected chi connectivity index (χ4v) is 2.23. The standard InChI is InChI=1S/C14H11N3O5/c1-15-7-10(16(2)14(15)21)13(20)22-17-11(18)8-5-3-4-6-9(8)12(17)19/h3-7H,1-2H3. The number of carbonyl (C=O) groups is 3. The number of imide groups is 1. The summed E-state index contributed by atoms with van der Waals surface area (Å²) in [6, 6.07) is 6.16. The zero-order valence-electron chi connectivity index (χ0n) is 11.8. The van der Waals surface area contributed by atoms with E-state index in [-0.39, 0.29) is 16.8 Å². The van der Waals surface area contributed by atoms with Gasteiger partial charge in [0, 0.05) is 20.3 Å². The summed E-state index contributed by atoms with van der Waals surface area (Å²) in [6.07, 6.45) is 1.27. The van der Waals surface area contributed by atoms with Crippen LogP contribution in [0, 0.1) is 0 Å². The number of aromatic nitrogens is 2. The first kappa shape index (κ1) is 13.8. The van der Waals surface area contributed by atoms with Crippen LogP contribution in [-0.2, 0) is 18.9 Å². The fourth-order valence-electron chi connectivity index (χ4n) is 2.23. The molecule has 0 saturated heterocycles. The van der Waals surface area contributed by atoms with E-state index in [9.17, 15) is 19.2 Å². The summed E-state index contributed by atoms with van der Waals surface area (Å²) in [6.45, 7) is 0. The molecule has 22 heavy (non-hydrogen) atoms. The molecule has 0 aliphatic carbocycles. The quantitative estimate of drug-likeness (QED) is 0.733. The molecule has 0 radical (unpaired) electrons. The number of aryl methyl sites for hydroxylation is 1. The predicted molar refractivity (Wildman–Crippen MR) is 73.0 cm³/mol. The lowest BCUT2D eigenvalue weighted by atomic mass is 10.1. The van der Waals surface area contributed by atoms with Gasteiger partial charge in [-0.3, -0.25) is 14.2 Å². The molecule has 0 N–H and O–H groups in total. The van der Waals surface area contributed by atoms with E-state index < -0.39 is 23.5 Å². The first-order valence-corrected chi connectivity index (χ1v) is 6.34. The van der Waals surface area contributed by atoms with Crippen molar-refractivity contribution in [2.75, 3.05) is 0 Å². The van der Waals surface area contributed by atoms with E-state index in [1.165, 1.54) is 37.0 Å². The van der Waals surface area contributed by atoms with Crippen molar-refractivity contribution >= 4 is 17.8 Å². The fraction of sp³-hybridized carbons (Fsp3) is 0.143. The normalized spacial score (nSPS) is 13.5. The number of amides is 2. The van der Waals surface area contributed by atoms with E-state index in [0.717, 1.165) is 4.57 Å². The Morgan fingerprint density at radius 1 is 1.00 bits per heavy atom. The maximum atomic E-state index is 12.1. The Labute approximate surface area is 124 Å². The summed E-state index contributed by atoms with van der Waals surface area (Å²) >= 11 is 0. The molecule has 8 nitrogen and oxygen atoms in total. The van der Waals surface area contributed by atoms with Gasteiger partial charge in [-0.1, -0.05) is 17.2 Å². The second-order valence-electron chi connectivity index (χ2n) is 4.80. The van der Waals surface area contributed by atoms with Crippen LogP contribution in [0.2, 0.25) is 0 Å². The monoisotopic (exact) mass is 301 g/mol. The summed E-state index contributed by atoms with van der Waals surface area (Å²) in [5.41, 5.74) is -0.150. The predicted octanol–water partition coefficient (Wildman–Crippen LogP) is 0.0918. The van der Waals surface area contributed by atoms with Crippen LogP contribution in [0.15, 0.2) is 35.3 Å². The van der Waals surface area contributed by atoms with Gasteiger partial charge in [0.25, 0.3) is 11.8 Å². The van der Waals surface area contributed by atoms with Gasteiger partial charge in [0.2, 0.25) is 0 Å². The molecule has 1 aromatic carbocycles. The van der Waals surface area contributed by atoms with Crippen LogP contribution in [-0.4, -0.2) is 32.0 Å². The van der Waals surface area contributed by atoms with Gasteiger partial charge in [-0.05, 0) is 12.1 Å². The highest BCUT2D eigenvalue weighted by Gasteiger charge is 2.39. The van der Waals surface area contributed by atoms with Gasteiger partial charge in [-0.15, -0.1) is 0 Å². The average molecular weight is 301 g/mol. The minimum Gasteiger partial charge on any atom is -0.323 e. The Bertz CT molecular complexity index is 842.